The number of ketones is 1. The summed E-state index contributed by atoms with van der Waals surface area (Å²) in [4.78, 5) is 11.5. The summed E-state index contributed by atoms with van der Waals surface area (Å²) in [5, 5.41) is 3.76. The average Bonchev–Trinajstić information content (AvgIpc) is 2.53. The molecule has 1 aromatic rings. The van der Waals surface area contributed by atoms with Gasteiger partial charge in [-0.2, -0.15) is 4.37 Å². The van der Waals surface area contributed by atoms with Crippen LogP contribution in [-0.2, 0) is 10.0 Å². The van der Waals surface area contributed by atoms with Crippen LogP contribution in [0, 0.1) is 6.92 Å². The van der Waals surface area contributed by atoms with E-state index in [0.29, 0.717) is 22.8 Å². The van der Waals surface area contributed by atoms with Gasteiger partial charge in [0.05, 0.1) is 17.5 Å². The number of hydrogen-bond donors (Lipinski definition) is 2. The van der Waals surface area contributed by atoms with Crippen molar-refractivity contribution in [1.82, 2.24) is 9.10 Å². The molecule has 8 heteroatoms. The predicted molar refractivity (Wildman–Crippen MR) is 77.4 cm³/mol. The predicted octanol–water partition coefficient (Wildman–Crippen LogP) is 1.39. The van der Waals surface area contributed by atoms with Crippen LogP contribution >= 0.6 is 11.5 Å². The third-order valence-electron chi connectivity index (χ3n) is 2.37. The van der Waals surface area contributed by atoms with Crippen molar-refractivity contribution in [3.8, 4) is 0 Å². The summed E-state index contributed by atoms with van der Waals surface area (Å²) in [7, 11) is -3.28. The Bertz CT molecular complexity index is 576. The highest BCUT2D eigenvalue weighted by Crippen LogP contribution is 2.25. The lowest BCUT2D eigenvalue weighted by Gasteiger charge is -2.25. The first-order valence-corrected chi connectivity index (χ1v) is 8.38. The van der Waals surface area contributed by atoms with Gasteiger partial charge >= 0.3 is 0 Å². The second-order valence-electron chi connectivity index (χ2n) is 5.14. The third-order valence-corrected chi connectivity index (χ3v) is 4.19. The molecule has 1 heterocycles. The molecule has 0 aliphatic rings. The molecule has 0 unspecified atom stereocenters. The number of hydrogen-bond acceptors (Lipinski definition) is 6. The summed E-state index contributed by atoms with van der Waals surface area (Å²) in [5.74, 6) is -0.0531. The number of carbonyl (C=O) groups is 1. The summed E-state index contributed by atoms with van der Waals surface area (Å²) in [6, 6.07) is 0. The van der Waals surface area contributed by atoms with Crippen molar-refractivity contribution in [2.75, 3.05) is 18.1 Å². The summed E-state index contributed by atoms with van der Waals surface area (Å²) in [6.45, 7) is 7.16. The molecule has 1 aromatic heterocycles. The van der Waals surface area contributed by atoms with Gasteiger partial charge in [0.15, 0.2) is 5.78 Å². The van der Waals surface area contributed by atoms with Crippen molar-refractivity contribution in [3.63, 3.8) is 0 Å². The maximum absolute atomic E-state index is 11.5. The van der Waals surface area contributed by atoms with Crippen LogP contribution in [0.1, 0.15) is 36.8 Å². The molecule has 0 bridgehead atoms. The second-order valence-corrected chi connectivity index (χ2v) is 7.66. The van der Waals surface area contributed by atoms with Gasteiger partial charge in [-0.15, -0.1) is 0 Å². The van der Waals surface area contributed by atoms with Crippen molar-refractivity contribution in [2.45, 2.75) is 33.2 Å². The topological polar surface area (TPSA) is 88.2 Å². The summed E-state index contributed by atoms with van der Waals surface area (Å²) in [5.41, 5.74) is 0.605. The number of aromatic nitrogens is 1. The molecule has 0 radical (unpaired) electrons. The molecular weight excluding hydrogens is 286 g/mol. The average molecular weight is 305 g/mol. The van der Waals surface area contributed by atoms with E-state index in [0.717, 1.165) is 6.26 Å². The molecule has 0 aromatic carbocycles. The maximum atomic E-state index is 11.5. The van der Waals surface area contributed by atoms with E-state index in [1.807, 2.05) is 0 Å². The molecule has 2 N–H and O–H groups in total. The zero-order valence-electron chi connectivity index (χ0n) is 11.7. The molecule has 0 atom stereocenters. The Balaban J connectivity index is 2.80. The quantitative estimate of drug-likeness (QED) is 0.776. The number of nitrogens with zero attached hydrogens (tertiary/aromatic N) is 1. The van der Waals surface area contributed by atoms with Crippen LogP contribution < -0.4 is 10.0 Å². The van der Waals surface area contributed by atoms with Gasteiger partial charge in [0.25, 0.3) is 0 Å². The van der Waals surface area contributed by atoms with Crippen molar-refractivity contribution in [3.05, 3.63) is 11.3 Å². The smallest absolute Gasteiger partial charge is 0.209 e. The Morgan fingerprint density at radius 1 is 1.42 bits per heavy atom. The Hall–Kier alpha value is -0.990. The zero-order chi connectivity index (χ0) is 14.8. The van der Waals surface area contributed by atoms with E-state index < -0.39 is 15.6 Å². The van der Waals surface area contributed by atoms with Gasteiger partial charge in [0.2, 0.25) is 10.0 Å². The lowest BCUT2D eigenvalue weighted by Crippen LogP contribution is -2.47. The van der Waals surface area contributed by atoms with E-state index in [4.69, 9.17) is 0 Å². The van der Waals surface area contributed by atoms with Crippen molar-refractivity contribution >= 4 is 32.3 Å². The van der Waals surface area contributed by atoms with E-state index in [-0.39, 0.29) is 5.78 Å². The number of anilines is 1. The van der Waals surface area contributed by atoms with Crippen molar-refractivity contribution in [2.24, 2.45) is 0 Å². The first-order valence-electron chi connectivity index (χ1n) is 5.72. The van der Waals surface area contributed by atoms with Crippen LogP contribution in [0.25, 0.3) is 0 Å². The molecule has 0 spiro atoms. The van der Waals surface area contributed by atoms with Crippen LogP contribution in [0.15, 0.2) is 0 Å². The van der Waals surface area contributed by atoms with E-state index in [2.05, 4.69) is 14.4 Å². The standard InChI is InChI=1S/C11H19N3O3S2/c1-7-9(8(2)15)10(18-13-7)12-6-11(3,4)14-19(5,16)17/h12,14H,6H2,1-5H3. The van der Waals surface area contributed by atoms with Crippen molar-refractivity contribution in [1.29, 1.82) is 0 Å². The van der Waals surface area contributed by atoms with Gasteiger partial charge in [-0.05, 0) is 39.2 Å². The molecule has 0 amide bonds. The molecule has 0 fully saturated rings. The first-order chi connectivity index (χ1) is 8.52. The number of sulfonamides is 1. The number of Topliss-reactive ketones (excluding diaryl/α,β-unsaturated/α-hetero) is 1. The highest BCUT2D eigenvalue weighted by Gasteiger charge is 2.23. The minimum absolute atomic E-state index is 0.0531. The van der Waals surface area contributed by atoms with E-state index in [1.165, 1.54) is 18.5 Å². The molecule has 1 rings (SSSR count). The van der Waals surface area contributed by atoms with E-state index in [1.54, 1.807) is 20.8 Å². The fraction of sp³-hybridized carbons (Fsp3) is 0.636. The molecule has 108 valence electrons. The van der Waals surface area contributed by atoms with Gasteiger partial charge in [-0.3, -0.25) is 4.79 Å². The fourth-order valence-electron chi connectivity index (χ4n) is 1.74. The Labute approximate surface area is 117 Å². The number of rotatable bonds is 6. The van der Waals surface area contributed by atoms with E-state index >= 15 is 0 Å². The van der Waals surface area contributed by atoms with Crippen LogP contribution in [0.3, 0.4) is 0 Å². The molecule has 0 saturated carbocycles. The summed E-state index contributed by atoms with van der Waals surface area (Å²) >= 11 is 1.20. The number of aryl methyl sites for hydroxylation is 1. The Morgan fingerprint density at radius 2 is 2.00 bits per heavy atom. The lowest BCUT2D eigenvalue weighted by atomic mass is 10.1. The zero-order valence-corrected chi connectivity index (χ0v) is 13.3. The minimum atomic E-state index is -3.28. The van der Waals surface area contributed by atoms with Gasteiger partial charge in [-0.1, -0.05) is 0 Å². The van der Waals surface area contributed by atoms with Crippen molar-refractivity contribution < 1.29 is 13.2 Å². The van der Waals surface area contributed by atoms with Gasteiger partial charge in [0, 0.05) is 12.1 Å². The molecular formula is C11H19N3O3S2. The highest BCUT2D eigenvalue weighted by molar-refractivity contribution is 7.88. The summed E-state index contributed by atoms with van der Waals surface area (Å²) in [6.07, 6.45) is 1.12. The highest BCUT2D eigenvalue weighted by atomic mass is 32.2. The first kappa shape index (κ1) is 16.1. The van der Waals surface area contributed by atoms with Gasteiger partial charge in [-0.25, -0.2) is 13.1 Å². The van der Waals surface area contributed by atoms with Crippen LogP contribution in [-0.4, -0.2) is 36.9 Å². The Kier molecular flexibility index (Phi) is 4.70. The fourth-order valence-corrected chi connectivity index (χ4v) is 3.66. The number of nitrogens with one attached hydrogen (secondary N) is 2. The van der Waals surface area contributed by atoms with Crippen LogP contribution in [0.5, 0.6) is 0 Å². The monoisotopic (exact) mass is 305 g/mol. The largest absolute Gasteiger partial charge is 0.373 e. The molecule has 0 aliphatic heterocycles. The maximum Gasteiger partial charge on any atom is 0.209 e. The Morgan fingerprint density at radius 3 is 2.47 bits per heavy atom. The summed E-state index contributed by atoms with van der Waals surface area (Å²) < 4.78 is 29.1. The normalized spacial score (nSPS) is 12.5. The van der Waals surface area contributed by atoms with Gasteiger partial charge < -0.3 is 5.32 Å². The van der Waals surface area contributed by atoms with E-state index in [9.17, 15) is 13.2 Å². The lowest BCUT2D eigenvalue weighted by molar-refractivity contribution is 0.101. The molecule has 6 nitrogen and oxygen atoms in total. The van der Waals surface area contributed by atoms with Crippen LogP contribution in [0.4, 0.5) is 5.00 Å². The third kappa shape index (κ3) is 4.88. The van der Waals surface area contributed by atoms with Gasteiger partial charge in [0.1, 0.15) is 5.00 Å². The minimum Gasteiger partial charge on any atom is -0.373 e. The number of carbonyl (C=O) groups excluding carboxylic acids is 1. The SMILES string of the molecule is CC(=O)c1c(C)nsc1NCC(C)(C)NS(C)(=O)=O. The molecule has 0 aliphatic carbocycles. The molecule has 0 saturated heterocycles. The molecule has 19 heavy (non-hydrogen) atoms. The van der Waals surface area contributed by atoms with Crippen LogP contribution in [0.2, 0.25) is 0 Å². The second kappa shape index (κ2) is 5.56.